The molecule has 22 heavy (non-hydrogen) atoms. The molecule has 3 rings (SSSR count). The molecule has 0 bridgehead atoms. The Labute approximate surface area is 131 Å². The molecule has 0 unspecified atom stereocenters. The maximum absolute atomic E-state index is 12.5. The van der Waals surface area contributed by atoms with Crippen LogP contribution < -0.4 is 5.56 Å². The van der Waals surface area contributed by atoms with Crippen molar-refractivity contribution in [3.63, 3.8) is 0 Å². The van der Waals surface area contributed by atoms with Crippen molar-refractivity contribution in [3.05, 3.63) is 45.5 Å². The summed E-state index contributed by atoms with van der Waals surface area (Å²) >= 11 is 1.18. The number of aromatic amines is 1. The Morgan fingerprint density at radius 2 is 2.32 bits per heavy atom. The van der Waals surface area contributed by atoms with Crippen LogP contribution >= 0.6 is 11.3 Å². The summed E-state index contributed by atoms with van der Waals surface area (Å²) in [6, 6.07) is 4.67. The van der Waals surface area contributed by atoms with Gasteiger partial charge in [0.15, 0.2) is 0 Å². The largest absolute Gasteiger partial charge is 0.368 e. The standard InChI is InChI=1S/C13H15N3O4S2/c1-9-7-11(17)15-13(14-9)10-8-16(4-5-20-10)22(18,19)12-3-2-6-21-12/h2-3,6-7,10H,4-5,8H2,1H3,(H,14,15,17)/t10-/m0/s1. The summed E-state index contributed by atoms with van der Waals surface area (Å²) in [5.74, 6) is 0.357. The number of H-pyrrole nitrogens is 1. The average molecular weight is 341 g/mol. The van der Waals surface area contributed by atoms with Crippen LogP contribution in [0.5, 0.6) is 0 Å². The lowest BCUT2D eigenvalue weighted by Gasteiger charge is -2.31. The summed E-state index contributed by atoms with van der Waals surface area (Å²) in [4.78, 5) is 18.4. The van der Waals surface area contributed by atoms with Crippen LogP contribution in [-0.2, 0) is 14.8 Å². The van der Waals surface area contributed by atoms with Crippen LogP contribution in [-0.4, -0.2) is 42.4 Å². The first-order chi connectivity index (χ1) is 10.5. The predicted molar refractivity (Wildman–Crippen MR) is 81.4 cm³/mol. The Balaban J connectivity index is 1.87. The van der Waals surface area contributed by atoms with E-state index >= 15 is 0 Å². The second-order valence-electron chi connectivity index (χ2n) is 4.93. The fourth-order valence-corrected chi connectivity index (χ4v) is 4.87. The number of nitrogens with zero attached hydrogens (tertiary/aromatic N) is 2. The fourth-order valence-electron chi connectivity index (χ4n) is 2.30. The summed E-state index contributed by atoms with van der Waals surface area (Å²) < 4.78 is 32.4. The van der Waals surface area contributed by atoms with E-state index in [4.69, 9.17) is 4.74 Å². The normalized spacial score (nSPS) is 20.1. The molecular weight excluding hydrogens is 326 g/mol. The second kappa shape index (κ2) is 5.92. The lowest BCUT2D eigenvalue weighted by molar-refractivity contribution is -0.00768. The molecule has 1 aliphatic rings. The molecule has 0 amide bonds. The van der Waals surface area contributed by atoms with Crippen LogP contribution in [0.15, 0.2) is 32.6 Å². The van der Waals surface area contributed by atoms with Gasteiger partial charge in [0.05, 0.1) is 6.61 Å². The Morgan fingerprint density at radius 3 is 3.00 bits per heavy atom. The number of morpholine rings is 1. The molecule has 0 saturated carbocycles. The van der Waals surface area contributed by atoms with Crippen LogP contribution in [0, 0.1) is 6.92 Å². The Kier molecular flexibility index (Phi) is 4.13. The van der Waals surface area contributed by atoms with E-state index in [1.165, 1.54) is 21.7 Å². The van der Waals surface area contributed by atoms with Crippen LogP contribution in [0.3, 0.4) is 0 Å². The van der Waals surface area contributed by atoms with Gasteiger partial charge >= 0.3 is 0 Å². The molecule has 2 aromatic rings. The molecule has 0 aliphatic carbocycles. The zero-order valence-electron chi connectivity index (χ0n) is 11.9. The van der Waals surface area contributed by atoms with Crippen molar-refractivity contribution in [2.45, 2.75) is 17.2 Å². The number of hydrogen-bond acceptors (Lipinski definition) is 6. The van der Waals surface area contributed by atoms with E-state index in [0.29, 0.717) is 15.7 Å². The van der Waals surface area contributed by atoms with Crippen molar-refractivity contribution < 1.29 is 13.2 Å². The molecule has 118 valence electrons. The minimum absolute atomic E-state index is 0.132. The number of hydrogen-bond donors (Lipinski definition) is 1. The molecule has 0 aromatic carbocycles. The number of ether oxygens (including phenoxy) is 1. The molecule has 1 N–H and O–H groups in total. The number of aromatic nitrogens is 2. The lowest BCUT2D eigenvalue weighted by atomic mass is 10.3. The van der Waals surface area contributed by atoms with Crippen molar-refractivity contribution >= 4 is 21.4 Å². The molecule has 1 saturated heterocycles. The van der Waals surface area contributed by atoms with Crippen LogP contribution in [0.2, 0.25) is 0 Å². The number of rotatable bonds is 3. The Hall–Kier alpha value is -1.55. The van der Waals surface area contributed by atoms with E-state index in [2.05, 4.69) is 9.97 Å². The molecule has 9 heteroatoms. The fraction of sp³-hybridized carbons (Fsp3) is 0.385. The third-order valence-corrected chi connectivity index (χ3v) is 6.55. The molecule has 1 aliphatic heterocycles. The summed E-state index contributed by atoms with van der Waals surface area (Å²) in [5.41, 5.74) is 0.296. The number of nitrogens with one attached hydrogen (secondary N) is 1. The predicted octanol–water partition coefficient (Wildman–Crippen LogP) is 0.902. The van der Waals surface area contributed by atoms with Crippen molar-refractivity contribution in [2.75, 3.05) is 19.7 Å². The van der Waals surface area contributed by atoms with E-state index in [0.717, 1.165) is 0 Å². The van der Waals surface area contributed by atoms with Gasteiger partial charge in [-0.05, 0) is 18.4 Å². The van der Waals surface area contributed by atoms with Gasteiger partial charge in [0.2, 0.25) is 0 Å². The first kappa shape index (κ1) is 15.3. The topological polar surface area (TPSA) is 92.4 Å². The van der Waals surface area contributed by atoms with Gasteiger partial charge in [-0.25, -0.2) is 13.4 Å². The summed E-state index contributed by atoms with van der Waals surface area (Å²) in [7, 11) is -3.53. The van der Waals surface area contributed by atoms with E-state index < -0.39 is 16.1 Å². The van der Waals surface area contributed by atoms with Gasteiger partial charge in [0.1, 0.15) is 16.1 Å². The second-order valence-corrected chi connectivity index (χ2v) is 8.04. The monoisotopic (exact) mass is 341 g/mol. The highest BCUT2D eigenvalue weighted by Gasteiger charge is 2.33. The molecule has 0 spiro atoms. The van der Waals surface area contributed by atoms with Crippen molar-refractivity contribution in [3.8, 4) is 0 Å². The van der Waals surface area contributed by atoms with E-state index in [1.807, 2.05) is 0 Å². The highest BCUT2D eigenvalue weighted by molar-refractivity contribution is 7.91. The first-order valence-electron chi connectivity index (χ1n) is 6.70. The van der Waals surface area contributed by atoms with Crippen LogP contribution in [0.1, 0.15) is 17.6 Å². The third-order valence-electron chi connectivity index (χ3n) is 3.31. The molecular formula is C13H15N3O4S2. The minimum atomic E-state index is -3.53. The summed E-state index contributed by atoms with van der Waals surface area (Å²) in [6.07, 6.45) is -0.573. The zero-order chi connectivity index (χ0) is 15.7. The van der Waals surface area contributed by atoms with Crippen molar-refractivity contribution in [1.29, 1.82) is 0 Å². The lowest BCUT2D eigenvalue weighted by Crippen LogP contribution is -2.42. The number of thiophene rings is 1. The Bertz CT molecular complexity index is 814. The van der Waals surface area contributed by atoms with E-state index in [9.17, 15) is 13.2 Å². The molecule has 0 radical (unpaired) electrons. The zero-order valence-corrected chi connectivity index (χ0v) is 13.5. The van der Waals surface area contributed by atoms with E-state index in [-0.39, 0.29) is 25.3 Å². The molecule has 3 heterocycles. The average Bonchev–Trinajstić information content (AvgIpc) is 3.01. The molecule has 2 aromatic heterocycles. The number of aryl methyl sites for hydroxylation is 1. The van der Waals surface area contributed by atoms with Crippen molar-refractivity contribution in [1.82, 2.24) is 14.3 Å². The maximum atomic E-state index is 12.5. The van der Waals surface area contributed by atoms with Gasteiger partial charge < -0.3 is 9.72 Å². The molecule has 1 fully saturated rings. The van der Waals surface area contributed by atoms with Gasteiger partial charge in [-0.1, -0.05) is 6.07 Å². The highest BCUT2D eigenvalue weighted by atomic mass is 32.2. The maximum Gasteiger partial charge on any atom is 0.252 e. The van der Waals surface area contributed by atoms with Gasteiger partial charge in [0, 0.05) is 24.8 Å². The van der Waals surface area contributed by atoms with Gasteiger partial charge in [-0.3, -0.25) is 4.79 Å². The molecule has 7 nitrogen and oxygen atoms in total. The summed E-state index contributed by atoms with van der Waals surface area (Å²) in [6.45, 7) is 2.38. The Morgan fingerprint density at radius 1 is 1.50 bits per heavy atom. The quantitative estimate of drug-likeness (QED) is 0.895. The van der Waals surface area contributed by atoms with E-state index in [1.54, 1.807) is 24.4 Å². The van der Waals surface area contributed by atoms with Crippen molar-refractivity contribution in [2.24, 2.45) is 0 Å². The van der Waals surface area contributed by atoms with Gasteiger partial charge in [-0.15, -0.1) is 11.3 Å². The van der Waals surface area contributed by atoms with Gasteiger partial charge in [0.25, 0.3) is 15.6 Å². The van der Waals surface area contributed by atoms with Crippen LogP contribution in [0.4, 0.5) is 0 Å². The highest BCUT2D eigenvalue weighted by Crippen LogP contribution is 2.26. The van der Waals surface area contributed by atoms with Crippen LogP contribution in [0.25, 0.3) is 0 Å². The minimum Gasteiger partial charge on any atom is -0.368 e. The molecule has 1 atom stereocenters. The smallest absolute Gasteiger partial charge is 0.252 e. The number of sulfonamides is 1. The van der Waals surface area contributed by atoms with Gasteiger partial charge in [-0.2, -0.15) is 4.31 Å². The third kappa shape index (κ3) is 2.98. The SMILES string of the molecule is Cc1cc(=O)[nH]c([C@@H]2CN(S(=O)(=O)c3cccs3)CCO2)n1. The first-order valence-corrected chi connectivity index (χ1v) is 9.02. The summed E-state index contributed by atoms with van der Waals surface area (Å²) in [5, 5.41) is 1.73.